The molecule has 6 nitrogen and oxygen atoms in total. The fraction of sp³-hybridized carbons (Fsp3) is 0.689. The molecule has 6 heteroatoms. The van der Waals surface area contributed by atoms with E-state index in [4.69, 9.17) is 14.2 Å². The Morgan fingerprint density at radius 1 is 0.510 bits per heavy atom. The third-order valence-electron chi connectivity index (χ3n) is 10.3. The highest BCUT2D eigenvalue weighted by atomic mass is 16.5. The van der Waals surface area contributed by atoms with E-state index in [0.717, 1.165) is 42.6 Å². The molecule has 1 aliphatic rings. The second-order valence-electron chi connectivity index (χ2n) is 16.9. The van der Waals surface area contributed by atoms with Crippen molar-refractivity contribution in [3.05, 3.63) is 53.1 Å². The summed E-state index contributed by atoms with van der Waals surface area (Å²) in [5.41, 5.74) is 1.70. The molecule has 51 heavy (non-hydrogen) atoms. The van der Waals surface area contributed by atoms with Crippen molar-refractivity contribution in [2.75, 3.05) is 19.8 Å². The van der Waals surface area contributed by atoms with Crippen LogP contribution in [-0.2, 0) is 6.54 Å². The summed E-state index contributed by atoms with van der Waals surface area (Å²) in [7, 11) is 0. The number of fused-ring (bicyclic) bond motifs is 1. The predicted octanol–water partition coefficient (Wildman–Crippen LogP) is 12.2. The lowest BCUT2D eigenvalue weighted by Gasteiger charge is -2.22. The first-order valence-corrected chi connectivity index (χ1v) is 20.4. The predicted molar refractivity (Wildman–Crippen MR) is 211 cm³/mol. The molecule has 0 saturated heterocycles. The van der Waals surface area contributed by atoms with Crippen LogP contribution >= 0.6 is 0 Å². The summed E-state index contributed by atoms with van der Waals surface area (Å²) in [4.78, 5) is 28.0. The number of carbonyl (C=O) groups excluding carboxylic acids is 2. The summed E-state index contributed by atoms with van der Waals surface area (Å²) < 4.78 is 19.7. The van der Waals surface area contributed by atoms with E-state index in [9.17, 15) is 9.59 Å². The van der Waals surface area contributed by atoms with Crippen molar-refractivity contribution >= 4 is 11.8 Å². The minimum Gasteiger partial charge on any atom is -0.490 e. The summed E-state index contributed by atoms with van der Waals surface area (Å²) in [5, 5.41) is 0. The van der Waals surface area contributed by atoms with Crippen LogP contribution in [0.1, 0.15) is 166 Å². The maximum absolute atomic E-state index is 13.3. The SMILES string of the molecule is CC(C)CCCC(C)CCOc1cc(CN2C(=O)c3ccccc3C2=O)cc(OCCC(C)CCCC(C)C)c1OCCC(C)CCCC(C)C. The van der Waals surface area contributed by atoms with E-state index in [-0.39, 0.29) is 18.4 Å². The number of rotatable bonds is 26. The first-order valence-electron chi connectivity index (χ1n) is 20.4. The average molecular weight is 706 g/mol. The van der Waals surface area contributed by atoms with Gasteiger partial charge in [0.2, 0.25) is 5.75 Å². The molecule has 1 heterocycles. The molecule has 0 aromatic heterocycles. The Bertz CT molecular complexity index is 1250. The van der Waals surface area contributed by atoms with E-state index in [1.807, 2.05) is 12.1 Å². The fourth-order valence-corrected chi connectivity index (χ4v) is 6.80. The van der Waals surface area contributed by atoms with Gasteiger partial charge in [-0.05, 0) is 84.6 Å². The van der Waals surface area contributed by atoms with Crippen LogP contribution in [0.5, 0.6) is 17.2 Å². The van der Waals surface area contributed by atoms with Crippen LogP contribution in [-0.4, -0.2) is 36.5 Å². The Balaban J connectivity index is 1.84. The van der Waals surface area contributed by atoms with Gasteiger partial charge in [0.25, 0.3) is 11.8 Å². The Labute approximate surface area is 311 Å². The molecule has 1 aliphatic heterocycles. The smallest absolute Gasteiger partial charge is 0.261 e. The average Bonchev–Trinajstić information content (AvgIpc) is 3.30. The van der Waals surface area contributed by atoms with E-state index < -0.39 is 0 Å². The second-order valence-corrected chi connectivity index (χ2v) is 16.9. The number of ether oxygens (including phenoxy) is 3. The summed E-state index contributed by atoms with van der Waals surface area (Å²) >= 11 is 0. The van der Waals surface area contributed by atoms with Crippen molar-refractivity contribution in [1.29, 1.82) is 0 Å². The van der Waals surface area contributed by atoms with Crippen LogP contribution in [0.15, 0.2) is 36.4 Å². The van der Waals surface area contributed by atoms with Crippen LogP contribution in [0, 0.1) is 35.5 Å². The van der Waals surface area contributed by atoms with Crippen LogP contribution in [0.3, 0.4) is 0 Å². The lowest BCUT2D eigenvalue weighted by atomic mass is 9.97. The topological polar surface area (TPSA) is 65.1 Å². The number of carbonyl (C=O) groups is 2. The number of benzene rings is 2. The molecule has 0 radical (unpaired) electrons. The van der Waals surface area contributed by atoms with Gasteiger partial charge in [0.05, 0.1) is 37.5 Å². The molecule has 0 fully saturated rings. The molecular formula is C45H71NO5. The third kappa shape index (κ3) is 14.9. The Kier molecular flexibility index (Phi) is 18.4. The molecule has 0 spiro atoms. The molecule has 3 rings (SSSR count). The van der Waals surface area contributed by atoms with Crippen molar-refractivity contribution in [3.8, 4) is 17.2 Å². The van der Waals surface area contributed by atoms with E-state index in [2.05, 4.69) is 62.3 Å². The standard InChI is InChI=1S/C45H71NO5/c1-32(2)15-12-18-35(7)23-26-49-41-29-38(31-46-44(47)39-21-10-11-22-40(39)45(46)48)30-42(50-27-24-36(8)19-13-16-33(3)4)43(41)51-28-25-37(9)20-14-17-34(5)6/h10-11,21-22,29-30,32-37H,12-20,23-28,31H2,1-9H3. The Hall–Kier alpha value is -3.02. The summed E-state index contributed by atoms with van der Waals surface area (Å²) in [6.07, 6.45) is 13.8. The number of hydrogen-bond acceptors (Lipinski definition) is 5. The first-order chi connectivity index (χ1) is 24.3. The molecular weight excluding hydrogens is 634 g/mol. The van der Waals surface area contributed by atoms with Crippen molar-refractivity contribution in [3.63, 3.8) is 0 Å². The van der Waals surface area contributed by atoms with Gasteiger partial charge in [0.1, 0.15) is 0 Å². The lowest BCUT2D eigenvalue weighted by Crippen LogP contribution is -2.29. The molecule has 286 valence electrons. The number of imide groups is 1. The van der Waals surface area contributed by atoms with Crippen molar-refractivity contribution in [2.45, 2.75) is 146 Å². The summed E-state index contributed by atoms with van der Waals surface area (Å²) in [6, 6.07) is 11.0. The molecule has 2 amide bonds. The molecule has 0 N–H and O–H groups in total. The minimum atomic E-state index is -0.266. The van der Waals surface area contributed by atoms with Crippen molar-refractivity contribution in [2.24, 2.45) is 35.5 Å². The highest BCUT2D eigenvalue weighted by Crippen LogP contribution is 2.41. The van der Waals surface area contributed by atoms with Gasteiger partial charge < -0.3 is 14.2 Å². The van der Waals surface area contributed by atoms with Gasteiger partial charge in [-0.1, -0.05) is 132 Å². The molecule has 2 aromatic rings. The number of nitrogens with zero attached hydrogens (tertiary/aromatic N) is 1. The number of hydrogen-bond donors (Lipinski definition) is 0. The normalized spacial score (nSPS) is 14.8. The zero-order valence-electron chi connectivity index (χ0n) is 33.7. The maximum Gasteiger partial charge on any atom is 0.261 e. The highest BCUT2D eigenvalue weighted by Gasteiger charge is 2.35. The molecule has 2 aromatic carbocycles. The highest BCUT2D eigenvalue weighted by molar-refractivity contribution is 6.21. The molecule has 0 bridgehead atoms. The van der Waals surface area contributed by atoms with Crippen LogP contribution in [0.2, 0.25) is 0 Å². The maximum atomic E-state index is 13.3. The fourth-order valence-electron chi connectivity index (χ4n) is 6.80. The van der Waals surface area contributed by atoms with Gasteiger partial charge in [-0.3, -0.25) is 14.5 Å². The van der Waals surface area contributed by atoms with Gasteiger partial charge in [-0.2, -0.15) is 0 Å². The molecule has 3 unspecified atom stereocenters. The largest absolute Gasteiger partial charge is 0.490 e. The van der Waals surface area contributed by atoms with Crippen LogP contribution in [0.4, 0.5) is 0 Å². The quantitative estimate of drug-likeness (QED) is 0.0912. The van der Waals surface area contributed by atoms with Gasteiger partial charge >= 0.3 is 0 Å². The first kappa shape index (κ1) is 42.4. The lowest BCUT2D eigenvalue weighted by molar-refractivity contribution is 0.0641. The minimum absolute atomic E-state index is 0.142. The van der Waals surface area contributed by atoms with E-state index >= 15 is 0 Å². The third-order valence-corrected chi connectivity index (χ3v) is 10.3. The van der Waals surface area contributed by atoms with Gasteiger partial charge in [0, 0.05) is 0 Å². The monoisotopic (exact) mass is 706 g/mol. The summed E-state index contributed by atoms with van der Waals surface area (Å²) in [5.74, 6) is 5.19. The van der Waals surface area contributed by atoms with Crippen molar-refractivity contribution < 1.29 is 23.8 Å². The Morgan fingerprint density at radius 2 is 0.882 bits per heavy atom. The number of amides is 2. The van der Waals surface area contributed by atoms with Gasteiger partial charge in [-0.25, -0.2) is 0 Å². The zero-order valence-corrected chi connectivity index (χ0v) is 33.7. The van der Waals surface area contributed by atoms with E-state index in [0.29, 0.717) is 65.9 Å². The molecule has 0 saturated carbocycles. The Morgan fingerprint density at radius 3 is 1.25 bits per heavy atom. The van der Waals surface area contributed by atoms with Crippen LogP contribution < -0.4 is 14.2 Å². The zero-order chi connectivity index (χ0) is 37.3. The van der Waals surface area contributed by atoms with Gasteiger partial charge in [0.15, 0.2) is 11.5 Å². The van der Waals surface area contributed by atoms with E-state index in [1.165, 1.54) is 62.7 Å². The molecule has 3 atom stereocenters. The second kappa shape index (κ2) is 22.1. The van der Waals surface area contributed by atoms with Crippen molar-refractivity contribution in [1.82, 2.24) is 4.90 Å². The summed E-state index contributed by atoms with van der Waals surface area (Å²) in [6.45, 7) is 22.5. The van der Waals surface area contributed by atoms with Gasteiger partial charge in [-0.15, -0.1) is 0 Å². The van der Waals surface area contributed by atoms with E-state index in [1.54, 1.807) is 24.3 Å². The molecule has 0 aliphatic carbocycles. The van der Waals surface area contributed by atoms with Crippen LogP contribution in [0.25, 0.3) is 0 Å².